The molecule has 5 rings (SSSR count). The van der Waals surface area contributed by atoms with Crippen LogP contribution in [0.25, 0.3) is 0 Å². The molecule has 0 bridgehead atoms. The number of esters is 1. The van der Waals surface area contributed by atoms with Gasteiger partial charge < -0.3 is 14.4 Å². The van der Waals surface area contributed by atoms with Crippen molar-refractivity contribution in [3.8, 4) is 5.75 Å². The Bertz CT molecular complexity index is 1390. The van der Waals surface area contributed by atoms with E-state index in [-0.39, 0.29) is 12.5 Å². The zero-order valence-electron chi connectivity index (χ0n) is 23.0. The molecule has 1 unspecified atom stereocenters. The van der Waals surface area contributed by atoms with E-state index in [2.05, 4.69) is 0 Å². The van der Waals surface area contributed by atoms with Gasteiger partial charge in [0.25, 0.3) is 5.91 Å². The summed E-state index contributed by atoms with van der Waals surface area (Å²) in [5.74, 6) is -1.71. The van der Waals surface area contributed by atoms with Crippen molar-refractivity contribution >= 4 is 23.5 Å². The number of hydrogen-bond acceptors (Lipinski definition) is 5. The molecule has 1 atom stereocenters. The van der Waals surface area contributed by atoms with Crippen LogP contribution in [0.3, 0.4) is 0 Å². The van der Waals surface area contributed by atoms with Crippen molar-refractivity contribution in [3.63, 3.8) is 0 Å². The van der Waals surface area contributed by atoms with Crippen molar-refractivity contribution in [2.75, 3.05) is 26.2 Å². The minimum absolute atomic E-state index is 0.146. The second-order valence-corrected chi connectivity index (χ2v) is 11.3. The van der Waals surface area contributed by atoms with E-state index in [0.29, 0.717) is 68.4 Å². The number of piperidine rings is 2. The molecule has 0 N–H and O–H groups in total. The number of carbonyl (C=O) groups is 2. The fourth-order valence-corrected chi connectivity index (χ4v) is 6.06. The van der Waals surface area contributed by atoms with Crippen molar-refractivity contribution < 1.29 is 32.2 Å². The standard InChI is InChI=1S/C32H32ClF3N2O4/c33-26-12-6-5-11-25(26)29(39)38-18-15-31(16-19-38)14-17-37(21-28(31)42-30(40)32(34,35)36)20-24-10-4-7-13-27(24)41-22-23-8-2-1-3-9-23/h1-13,28H,14-22H2. The summed E-state index contributed by atoms with van der Waals surface area (Å²) < 4.78 is 51.2. The third kappa shape index (κ3) is 6.90. The maximum absolute atomic E-state index is 13.3. The Kier molecular flexibility index (Phi) is 9.08. The molecule has 0 radical (unpaired) electrons. The predicted octanol–water partition coefficient (Wildman–Crippen LogP) is 6.52. The Balaban J connectivity index is 1.29. The Morgan fingerprint density at radius 2 is 1.52 bits per heavy atom. The van der Waals surface area contributed by atoms with E-state index >= 15 is 0 Å². The maximum atomic E-state index is 13.3. The lowest BCUT2D eigenvalue weighted by atomic mass is 9.69. The normalized spacial score (nSPS) is 19.0. The summed E-state index contributed by atoms with van der Waals surface area (Å²) in [6.07, 6.45) is -4.70. The van der Waals surface area contributed by atoms with Crippen molar-refractivity contribution in [3.05, 3.63) is 101 Å². The number of halogens is 4. The number of ether oxygens (including phenoxy) is 2. The third-order valence-corrected chi connectivity index (χ3v) is 8.60. The van der Waals surface area contributed by atoms with Gasteiger partial charge in [0.05, 0.1) is 10.6 Å². The van der Waals surface area contributed by atoms with Crippen LogP contribution in [0.1, 0.15) is 40.7 Å². The number of hydrogen-bond donors (Lipinski definition) is 0. The van der Waals surface area contributed by atoms with Gasteiger partial charge in [-0.25, -0.2) is 4.79 Å². The quantitative estimate of drug-likeness (QED) is 0.289. The van der Waals surface area contributed by atoms with Crippen LogP contribution in [0.15, 0.2) is 78.9 Å². The molecule has 6 nitrogen and oxygen atoms in total. The molecule has 3 aromatic carbocycles. The highest BCUT2D eigenvalue weighted by molar-refractivity contribution is 6.33. The first-order valence-electron chi connectivity index (χ1n) is 13.9. The third-order valence-electron chi connectivity index (χ3n) is 8.27. The van der Waals surface area contributed by atoms with Crippen LogP contribution in [-0.2, 0) is 22.7 Å². The number of benzene rings is 3. The highest BCUT2D eigenvalue weighted by atomic mass is 35.5. The second kappa shape index (κ2) is 12.8. The monoisotopic (exact) mass is 600 g/mol. The Morgan fingerprint density at radius 3 is 2.24 bits per heavy atom. The molecule has 1 amide bonds. The number of carbonyl (C=O) groups excluding carboxylic acids is 2. The number of alkyl halides is 3. The van der Waals surface area contributed by atoms with Crippen LogP contribution in [0.5, 0.6) is 5.75 Å². The van der Waals surface area contributed by atoms with Crippen LogP contribution in [0.2, 0.25) is 5.02 Å². The summed E-state index contributed by atoms with van der Waals surface area (Å²) in [6.45, 7) is 2.23. The van der Waals surface area contributed by atoms with Gasteiger partial charge in [0.2, 0.25) is 0 Å². The van der Waals surface area contributed by atoms with Crippen LogP contribution in [-0.4, -0.2) is 60.1 Å². The molecule has 3 aromatic rings. The van der Waals surface area contributed by atoms with Gasteiger partial charge in [-0.05, 0) is 49.6 Å². The molecule has 1 spiro atoms. The van der Waals surface area contributed by atoms with E-state index in [4.69, 9.17) is 21.1 Å². The van der Waals surface area contributed by atoms with Crippen molar-refractivity contribution in [2.45, 2.75) is 44.7 Å². The summed E-state index contributed by atoms with van der Waals surface area (Å²) in [5, 5.41) is 0.348. The molecule has 2 aliphatic heterocycles. The molecule has 10 heteroatoms. The second-order valence-electron chi connectivity index (χ2n) is 10.9. The van der Waals surface area contributed by atoms with E-state index in [1.165, 1.54) is 0 Å². The average molecular weight is 601 g/mol. The van der Waals surface area contributed by atoms with Gasteiger partial charge in [-0.1, -0.05) is 72.3 Å². The van der Waals surface area contributed by atoms with Crippen LogP contribution >= 0.6 is 11.6 Å². The molecule has 2 heterocycles. The van der Waals surface area contributed by atoms with Crippen molar-refractivity contribution in [1.29, 1.82) is 0 Å². The zero-order valence-corrected chi connectivity index (χ0v) is 23.7. The number of likely N-dealkylation sites (tertiary alicyclic amines) is 2. The summed E-state index contributed by atoms with van der Waals surface area (Å²) in [7, 11) is 0. The molecule has 0 aliphatic carbocycles. The molecule has 0 saturated carbocycles. The van der Waals surface area contributed by atoms with Gasteiger partial charge in [0.15, 0.2) is 0 Å². The molecule has 2 saturated heterocycles. The average Bonchev–Trinajstić information content (AvgIpc) is 2.99. The van der Waals surface area contributed by atoms with Gasteiger partial charge in [-0.15, -0.1) is 0 Å². The first-order valence-corrected chi connectivity index (χ1v) is 14.3. The largest absolute Gasteiger partial charge is 0.490 e. The van der Waals surface area contributed by atoms with Crippen LogP contribution in [0.4, 0.5) is 13.2 Å². The van der Waals surface area contributed by atoms with E-state index in [0.717, 1.165) is 11.1 Å². The van der Waals surface area contributed by atoms with Gasteiger partial charge in [0, 0.05) is 37.2 Å². The van der Waals surface area contributed by atoms with Gasteiger partial charge in [-0.2, -0.15) is 13.2 Å². The van der Waals surface area contributed by atoms with Gasteiger partial charge >= 0.3 is 12.1 Å². The van der Waals surface area contributed by atoms with Gasteiger partial charge in [-0.3, -0.25) is 9.69 Å². The molecule has 2 fully saturated rings. The number of rotatable bonds is 7. The predicted molar refractivity (Wildman–Crippen MR) is 152 cm³/mol. The van der Waals surface area contributed by atoms with E-state index in [9.17, 15) is 22.8 Å². The minimum Gasteiger partial charge on any atom is -0.489 e. The van der Waals surface area contributed by atoms with Crippen molar-refractivity contribution in [1.82, 2.24) is 9.80 Å². The first-order chi connectivity index (χ1) is 20.1. The number of nitrogens with zero attached hydrogens (tertiary/aromatic N) is 2. The summed E-state index contributed by atoms with van der Waals surface area (Å²) in [6, 6.07) is 24.1. The summed E-state index contributed by atoms with van der Waals surface area (Å²) in [4.78, 5) is 28.8. The van der Waals surface area contributed by atoms with E-state index in [1.807, 2.05) is 59.5 Å². The lowest BCUT2D eigenvalue weighted by Crippen LogP contribution is -2.57. The lowest BCUT2D eigenvalue weighted by molar-refractivity contribution is -0.216. The van der Waals surface area contributed by atoms with Crippen LogP contribution < -0.4 is 4.74 Å². The molecular formula is C32H32ClF3N2O4. The molecule has 0 aromatic heterocycles. The fourth-order valence-electron chi connectivity index (χ4n) is 5.85. The Morgan fingerprint density at radius 1 is 0.881 bits per heavy atom. The maximum Gasteiger partial charge on any atom is 0.490 e. The Labute approximate surface area is 248 Å². The SMILES string of the molecule is O=C(c1ccccc1Cl)N1CCC2(CCN(Cc3ccccc3OCc3ccccc3)CC2OC(=O)C(F)(F)F)CC1. The van der Waals surface area contributed by atoms with Crippen LogP contribution in [0, 0.1) is 5.41 Å². The first kappa shape index (κ1) is 29.9. The molecule has 42 heavy (non-hydrogen) atoms. The topological polar surface area (TPSA) is 59.1 Å². The minimum atomic E-state index is -5.10. The van der Waals surface area contributed by atoms with Gasteiger partial charge in [0.1, 0.15) is 18.5 Å². The molecular weight excluding hydrogens is 569 g/mol. The van der Waals surface area contributed by atoms with Crippen molar-refractivity contribution in [2.24, 2.45) is 5.41 Å². The summed E-state index contributed by atoms with van der Waals surface area (Å²) >= 11 is 6.22. The fraction of sp³-hybridized carbons (Fsp3) is 0.375. The zero-order chi connectivity index (χ0) is 29.7. The smallest absolute Gasteiger partial charge is 0.489 e. The highest BCUT2D eigenvalue weighted by Crippen LogP contribution is 2.44. The number of para-hydroxylation sites is 1. The number of amides is 1. The lowest BCUT2D eigenvalue weighted by Gasteiger charge is -2.51. The molecule has 2 aliphatic rings. The van der Waals surface area contributed by atoms with E-state index < -0.39 is 23.7 Å². The van der Waals surface area contributed by atoms with E-state index in [1.54, 1.807) is 29.2 Å². The highest BCUT2D eigenvalue weighted by Gasteiger charge is 2.51. The summed E-state index contributed by atoms with van der Waals surface area (Å²) in [5.41, 5.74) is 1.63. The Hall–Kier alpha value is -3.56. The molecule has 222 valence electrons.